The van der Waals surface area contributed by atoms with Crippen molar-refractivity contribution in [2.75, 3.05) is 0 Å². The van der Waals surface area contributed by atoms with E-state index in [4.69, 9.17) is 0 Å². The fraction of sp³-hybridized carbons (Fsp3) is 0.231. The molecule has 90 valence electrons. The Morgan fingerprint density at radius 3 is 2.71 bits per heavy atom. The van der Waals surface area contributed by atoms with Gasteiger partial charge in [0.15, 0.2) is 0 Å². The number of hydrogen-bond donors (Lipinski definition) is 1. The summed E-state index contributed by atoms with van der Waals surface area (Å²) >= 11 is 4.92. The first-order chi connectivity index (χ1) is 8.06. The van der Waals surface area contributed by atoms with Gasteiger partial charge >= 0.3 is 0 Å². The van der Waals surface area contributed by atoms with E-state index in [1.54, 1.807) is 17.4 Å². The van der Waals surface area contributed by atoms with Gasteiger partial charge in [0.2, 0.25) is 0 Å². The molecule has 0 amide bonds. The summed E-state index contributed by atoms with van der Waals surface area (Å²) in [5.41, 5.74) is 1.22. The largest absolute Gasteiger partial charge is 0.388 e. The first-order valence-corrected chi connectivity index (χ1v) is 6.85. The zero-order chi connectivity index (χ0) is 12.4. The van der Waals surface area contributed by atoms with Crippen molar-refractivity contribution in [1.82, 2.24) is 0 Å². The minimum Gasteiger partial charge on any atom is -0.388 e. The standard InChI is InChI=1S/C13H12BrFOS/c1-8-2-4-10(11(15)6-8)12(16)7-9-3-5-13(14)17-9/h2-6,12,16H,7H2,1H3. The molecule has 0 saturated heterocycles. The van der Waals surface area contributed by atoms with Crippen LogP contribution in [0.5, 0.6) is 0 Å². The van der Waals surface area contributed by atoms with Gasteiger partial charge in [-0.15, -0.1) is 11.3 Å². The van der Waals surface area contributed by atoms with Crippen LogP contribution in [-0.2, 0) is 6.42 Å². The van der Waals surface area contributed by atoms with E-state index in [1.165, 1.54) is 6.07 Å². The smallest absolute Gasteiger partial charge is 0.129 e. The Balaban J connectivity index is 2.17. The summed E-state index contributed by atoms with van der Waals surface area (Å²) in [5.74, 6) is -0.340. The highest BCUT2D eigenvalue weighted by atomic mass is 79.9. The van der Waals surface area contributed by atoms with E-state index in [0.717, 1.165) is 14.2 Å². The van der Waals surface area contributed by atoms with Gasteiger partial charge in [0.25, 0.3) is 0 Å². The topological polar surface area (TPSA) is 20.2 Å². The lowest BCUT2D eigenvalue weighted by Crippen LogP contribution is -2.03. The van der Waals surface area contributed by atoms with Crippen LogP contribution in [0.3, 0.4) is 0 Å². The van der Waals surface area contributed by atoms with Gasteiger partial charge in [0.05, 0.1) is 9.89 Å². The summed E-state index contributed by atoms with van der Waals surface area (Å²) in [4.78, 5) is 1.03. The maximum Gasteiger partial charge on any atom is 0.129 e. The number of aliphatic hydroxyl groups excluding tert-OH is 1. The highest BCUT2D eigenvalue weighted by Crippen LogP contribution is 2.28. The molecule has 4 heteroatoms. The predicted octanol–water partition coefficient (Wildman–Crippen LogP) is 4.23. The van der Waals surface area contributed by atoms with Gasteiger partial charge in [-0.2, -0.15) is 0 Å². The SMILES string of the molecule is Cc1ccc(C(O)Cc2ccc(Br)s2)c(F)c1. The van der Waals surface area contributed by atoms with Gasteiger partial charge in [-0.25, -0.2) is 4.39 Å². The third-order valence-corrected chi connectivity index (χ3v) is 4.18. The van der Waals surface area contributed by atoms with Crippen molar-refractivity contribution in [1.29, 1.82) is 0 Å². The molecule has 2 rings (SSSR count). The number of rotatable bonds is 3. The van der Waals surface area contributed by atoms with Gasteiger partial charge in [-0.1, -0.05) is 12.1 Å². The monoisotopic (exact) mass is 314 g/mol. The molecule has 0 saturated carbocycles. The van der Waals surface area contributed by atoms with Crippen molar-refractivity contribution in [3.8, 4) is 0 Å². The molecule has 1 aromatic heterocycles. The van der Waals surface area contributed by atoms with Crippen LogP contribution >= 0.6 is 27.3 Å². The Hall–Kier alpha value is -0.710. The lowest BCUT2D eigenvalue weighted by molar-refractivity contribution is 0.174. The molecule has 2 aromatic rings. The second-order valence-corrected chi connectivity index (χ2v) is 6.50. The van der Waals surface area contributed by atoms with Crippen molar-refractivity contribution in [2.24, 2.45) is 0 Å². The molecule has 0 radical (unpaired) electrons. The molecule has 1 N–H and O–H groups in total. The van der Waals surface area contributed by atoms with Crippen LogP contribution in [0.25, 0.3) is 0 Å². The Labute approximate surface area is 112 Å². The van der Waals surface area contributed by atoms with Crippen molar-refractivity contribution >= 4 is 27.3 Å². The van der Waals surface area contributed by atoms with Gasteiger partial charge in [-0.05, 0) is 46.6 Å². The highest BCUT2D eigenvalue weighted by Gasteiger charge is 2.14. The van der Waals surface area contributed by atoms with E-state index in [2.05, 4.69) is 15.9 Å². The fourth-order valence-corrected chi connectivity index (χ4v) is 3.18. The third kappa shape index (κ3) is 3.15. The lowest BCUT2D eigenvalue weighted by atomic mass is 10.0. The summed E-state index contributed by atoms with van der Waals surface area (Å²) in [7, 11) is 0. The molecular weight excluding hydrogens is 303 g/mol. The zero-order valence-corrected chi connectivity index (χ0v) is 11.7. The first kappa shape index (κ1) is 12.7. The van der Waals surface area contributed by atoms with Crippen LogP contribution in [0.1, 0.15) is 22.1 Å². The van der Waals surface area contributed by atoms with Crippen molar-refractivity contribution < 1.29 is 9.50 Å². The minimum atomic E-state index is -0.791. The summed E-state index contributed by atoms with van der Waals surface area (Å²) in [5, 5.41) is 10.0. The van der Waals surface area contributed by atoms with E-state index < -0.39 is 6.10 Å². The summed E-state index contributed by atoms with van der Waals surface area (Å²) < 4.78 is 14.7. The predicted molar refractivity (Wildman–Crippen MR) is 71.8 cm³/mol. The van der Waals surface area contributed by atoms with Gasteiger partial charge in [-0.3, -0.25) is 0 Å². The lowest BCUT2D eigenvalue weighted by Gasteiger charge is -2.11. The molecule has 0 aliphatic heterocycles. The van der Waals surface area contributed by atoms with E-state index in [0.29, 0.717) is 12.0 Å². The van der Waals surface area contributed by atoms with E-state index >= 15 is 0 Å². The molecule has 0 fully saturated rings. The molecule has 1 heterocycles. The number of aryl methyl sites for hydroxylation is 1. The molecule has 0 aliphatic rings. The van der Waals surface area contributed by atoms with Crippen LogP contribution in [-0.4, -0.2) is 5.11 Å². The number of halogens is 2. The van der Waals surface area contributed by atoms with Crippen molar-refractivity contribution in [3.63, 3.8) is 0 Å². The Bertz CT molecular complexity index is 524. The van der Waals surface area contributed by atoms with E-state index in [-0.39, 0.29) is 5.82 Å². The zero-order valence-electron chi connectivity index (χ0n) is 9.28. The summed E-state index contributed by atoms with van der Waals surface area (Å²) in [6.07, 6.45) is -0.350. The molecule has 1 nitrogen and oxygen atoms in total. The molecule has 1 aromatic carbocycles. The Kier molecular flexibility index (Phi) is 3.97. The average molecular weight is 315 g/mol. The second kappa shape index (κ2) is 5.29. The maximum absolute atomic E-state index is 13.6. The van der Waals surface area contributed by atoms with Crippen LogP contribution in [0.2, 0.25) is 0 Å². The summed E-state index contributed by atoms with van der Waals surface area (Å²) in [6, 6.07) is 8.77. The average Bonchev–Trinajstić information content (AvgIpc) is 2.63. The molecule has 0 bridgehead atoms. The maximum atomic E-state index is 13.6. The molecular formula is C13H12BrFOS. The quantitative estimate of drug-likeness (QED) is 0.898. The summed E-state index contributed by atoms with van der Waals surface area (Å²) in [6.45, 7) is 1.83. The van der Waals surface area contributed by atoms with Crippen LogP contribution in [0, 0.1) is 12.7 Å². The van der Waals surface area contributed by atoms with Crippen LogP contribution in [0.15, 0.2) is 34.1 Å². The normalized spacial score (nSPS) is 12.7. The molecule has 1 atom stereocenters. The van der Waals surface area contributed by atoms with Crippen molar-refractivity contribution in [2.45, 2.75) is 19.4 Å². The molecule has 17 heavy (non-hydrogen) atoms. The Morgan fingerprint density at radius 2 is 2.12 bits per heavy atom. The number of aliphatic hydroxyl groups is 1. The van der Waals surface area contributed by atoms with Crippen LogP contribution in [0.4, 0.5) is 4.39 Å². The van der Waals surface area contributed by atoms with Crippen molar-refractivity contribution in [3.05, 3.63) is 55.9 Å². The Morgan fingerprint density at radius 1 is 1.35 bits per heavy atom. The fourth-order valence-electron chi connectivity index (χ4n) is 1.66. The first-order valence-electron chi connectivity index (χ1n) is 5.24. The number of hydrogen-bond acceptors (Lipinski definition) is 2. The highest BCUT2D eigenvalue weighted by molar-refractivity contribution is 9.11. The molecule has 1 unspecified atom stereocenters. The number of benzene rings is 1. The van der Waals surface area contributed by atoms with Gasteiger partial charge in [0.1, 0.15) is 5.82 Å². The minimum absolute atomic E-state index is 0.340. The van der Waals surface area contributed by atoms with Gasteiger partial charge < -0.3 is 5.11 Å². The van der Waals surface area contributed by atoms with Gasteiger partial charge in [0, 0.05) is 16.9 Å². The van der Waals surface area contributed by atoms with E-state index in [9.17, 15) is 9.50 Å². The third-order valence-electron chi connectivity index (χ3n) is 2.54. The van der Waals surface area contributed by atoms with E-state index in [1.807, 2.05) is 25.1 Å². The molecule has 0 spiro atoms. The van der Waals surface area contributed by atoms with Crippen LogP contribution < -0.4 is 0 Å². The number of thiophene rings is 1. The molecule has 0 aliphatic carbocycles. The second-order valence-electron chi connectivity index (χ2n) is 3.95.